The summed E-state index contributed by atoms with van der Waals surface area (Å²) in [6.45, 7) is 0. The van der Waals surface area contributed by atoms with Crippen LogP contribution in [0.25, 0.3) is 34.4 Å². The van der Waals surface area contributed by atoms with Crippen LogP contribution in [-0.2, 0) is 20.0 Å². The monoisotopic (exact) mass is 798 g/mol. The van der Waals surface area contributed by atoms with E-state index in [1.54, 1.807) is 30.6 Å². The zero-order valence-electron chi connectivity index (χ0n) is 26.1. The summed E-state index contributed by atoms with van der Waals surface area (Å²) in [5, 5.41) is 0. The third kappa shape index (κ3) is 5.21. The van der Waals surface area contributed by atoms with E-state index >= 15 is 0 Å². The molecule has 3 fully saturated rings. The Labute approximate surface area is 286 Å². The van der Waals surface area contributed by atoms with Crippen molar-refractivity contribution >= 4 is 37.0 Å². The molecule has 0 aromatic heterocycles. The maximum absolute atomic E-state index is 2.95. The fraction of sp³-hybridized carbons (Fsp3) is 0.333. The molecule has 1 aliphatic heterocycles. The topological polar surface area (TPSA) is 0 Å². The van der Waals surface area contributed by atoms with E-state index in [0.717, 1.165) is 19.2 Å². The summed E-state index contributed by atoms with van der Waals surface area (Å²) in [7, 11) is 0. The predicted molar refractivity (Wildman–Crippen MR) is 193 cm³/mol. The first-order valence-electron chi connectivity index (χ1n) is 17.1. The summed E-state index contributed by atoms with van der Waals surface area (Å²) in [5.41, 5.74) is 16.1. The van der Waals surface area contributed by atoms with Gasteiger partial charge in [0, 0.05) is 0 Å². The zero-order chi connectivity index (χ0) is 28.4. The Kier molecular flexibility index (Phi) is 8.92. The van der Waals surface area contributed by atoms with E-state index in [2.05, 4.69) is 109 Å². The van der Waals surface area contributed by atoms with E-state index in [9.17, 15) is 0 Å². The van der Waals surface area contributed by atoms with Gasteiger partial charge >= 0.3 is 264 Å². The quantitative estimate of drug-likeness (QED) is 0.171. The molecule has 1 saturated heterocycles. The van der Waals surface area contributed by atoms with Crippen LogP contribution in [0, 0.1) is 11.8 Å². The molecule has 2 saturated carbocycles. The van der Waals surface area contributed by atoms with Gasteiger partial charge in [-0.25, -0.2) is 0 Å². The van der Waals surface area contributed by atoms with E-state index in [-0.39, 0.29) is 24.8 Å². The second-order valence-electron chi connectivity index (χ2n) is 14.2. The number of fused-ring (bicyclic) bond motifs is 2. The average Bonchev–Trinajstić information content (AvgIpc) is 3.59. The summed E-state index contributed by atoms with van der Waals surface area (Å²) >= 11 is -2.95. The van der Waals surface area contributed by atoms with Gasteiger partial charge in [0.2, 0.25) is 0 Å². The van der Waals surface area contributed by atoms with Crippen LogP contribution in [0.15, 0.2) is 108 Å². The van der Waals surface area contributed by atoms with Crippen molar-refractivity contribution in [1.29, 1.82) is 0 Å². The maximum atomic E-state index is 2.76. The molecule has 2 unspecified atom stereocenters. The van der Waals surface area contributed by atoms with Gasteiger partial charge in [0.1, 0.15) is 0 Å². The summed E-state index contributed by atoms with van der Waals surface area (Å²) in [6.07, 6.45) is 16.8. The summed E-state index contributed by atoms with van der Waals surface area (Å²) < 4.78 is 4.66. The van der Waals surface area contributed by atoms with Crippen LogP contribution < -0.4 is 0 Å². The van der Waals surface area contributed by atoms with Crippen molar-refractivity contribution in [2.75, 3.05) is 0 Å². The summed E-state index contributed by atoms with van der Waals surface area (Å²) in [4.78, 5) is 0. The molecule has 0 N–H and O–H groups in total. The first-order chi connectivity index (χ1) is 21.3. The molecule has 4 aromatic rings. The van der Waals surface area contributed by atoms with Gasteiger partial charge in [0.05, 0.1) is 0 Å². The van der Waals surface area contributed by atoms with Crippen molar-refractivity contribution in [3.63, 3.8) is 0 Å². The predicted octanol–water partition coefficient (Wildman–Crippen LogP) is 12.8. The van der Waals surface area contributed by atoms with Gasteiger partial charge in [-0.2, -0.15) is 0 Å². The molecule has 9 rings (SSSR count). The normalized spacial score (nSPS) is 23.0. The first kappa shape index (κ1) is 31.4. The van der Waals surface area contributed by atoms with Crippen molar-refractivity contribution in [1.82, 2.24) is 0 Å². The van der Waals surface area contributed by atoms with Crippen molar-refractivity contribution in [3.8, 4) is 22.3 Å². The zero-order valence-corrected chi connectivity index (χ0v) is 31.3. The molecule has 45 heavy (non-hydrogen) atoms. The number of allylic oxidation sites excluding steroid dienone is 2. The minimum absolute atomic E-state index is 0. The Bertz CT molecular complexity index is 1610. The van der Waals surface area contributed by atoms with Crippen molar-refractivity contribution in [2.24, 2.45) is 11.8 Å². The van der Waals surface area contributed by atoms with Crippen molar-refractivity contribution in [2.45, 2.75) is 67.1 Å². The Morgan fingerprint density at radius 1 is 0.444 bits per heavy atom. The fourth-order valence-corrected chi connectivity index (χ4v) is 38.2. The molecule has 2 atom stereocenters. The number of benzene rings is 4. The number of halogens is 2. The average molecular weight is 798 g/mol. The Morgan fingerprint density at radius 3 is 1.22 bits per heavy atom. The van der Waals surface area contributed by atoms with Gasteiger partial charge in [-0.05, 0) is 0 Å². The van der Waals surface area contributed by atoms with Gasteiger partial charge < -0.3 is 0 Å². The minimum atomic E-state index is -2.95. The minimum Gasteiger partial charge on any atom is -0.147 e. The third-order valence-electron chi connectivity index (χ3n) is 12.0. The van der Waals surface area contributed by atoms with Crippen LogP contribution in [0.3, 0.4) is 0 Å². The Balaban J connectivity index is 0.00000163. The van der Waals surface area contributed by atoms with Crippen LogP contribution in [0.5, 0.6) is 0 Å². The van der Waals surface area contributed by atoms with Crippen LogP contribution in [0.4, 0.5) is 0 Å². The molecule has 0 nitrogen and oxygen atoms in total. The van der Waals surface area contributed by atoms with Crippen molar-refractivity contribution in [3.05, 3.63) is 130 Å². The number of rotatable bonds is 6. The molecule has 3 heteroatoms. The Hall–Kier alpha value is -2.19. The second-order valence-corrected chi connectivity index (χ2v) is 30.8. The van der Waals surface area contributed by atoms with Gasteiger partial charge in [0.25, 0.3) is 0 Å². The smallest absolute Gasteiger partial charge is 0.147 e. The molecule has 230 valence electrons. The molecular formula is C42H44Cl2Hf. The van der Waals surface area contributed by atoms with Crippen LogP contribution >= 0.6 is 24.8 Å². The molecular weight excluding hydrogens is 754 g/mol. The van der Waals surface area contributed by atoms with E-state index in [4.69, 9.17) is 0 Å². The largest absolute Gasteiger partial charge is 0.147 e. The standard InChI is InChI=1S/2C20H19.C2H4.2ClH.Hf/c2*1-2-9-16(10-3-1)19-12-6-11-17-13-18(14-20(17)19)15-7-4-5-8-15;1-2;;;/h2*1-3,6,9-15H,4-5,7-8H2;1-2H2;2*1H;. The van der Waals surface area contributed by atoms with Crippen molar-refractivity contribution < 1.29 is 20.0 Å². The third-order valence-corrected chi connectivity index (χ3v) is 30.8. The molecule has 0 bridgehead atoms. The van der Waals surface area contributed by atoms with Gasteiger partial charge in [0.15, 0.2) is 0 Å². The molecule has 0 amide bonds. The Morgan fingerprint density at radius 2 is 0.844 bits per heavy atom. The fourth-order valence-electron chi connectivity index (χ4n) is 9.99. The summed E-state index contributed by atoms with van der Waals surface area (Å²) in [6, 6.07) is 37.2. The van der Waals surface area contributed by atoms with Gasteiger partial charge in [-0.15, -0.1) is 24.8 Å². The van der Waals surface area contributed by atoms with E-state index in [0.29, 0.717) is 0 Å². The summed E-state index contributed by atoms with van der Waals surface area (Å²) in [5.74, 6) is 1.60. The van der Waals surface area contributed by atoms with Gasteiger partial charge in [-0.3, -0.25) is 0 Å². The molecule has 5 aliphatic rings. The van der Waals surface area contributed by atoms with E-state index < -0.39 is 20.0 Å². The molecule has 4 aromatic carbocycles. The van der Waals surface area contributed by atoms with Gasteiger partial charge in [-0.1, -0.05) is 0 Å². The van der Waals surface area contributed by atoms with E-state index in [1.807, 2.05) is 11.1 Å². The SMILES string of the molecule is C1=C(C2CCCC2)[CH]([Hf]2([CH]3C(C4CCCC4)=Cc4c(-c5ccccc5)cccc43)[CH2][CH2]2)c2cccc(-c3ccccc3)c21.Cl.Cl. The van der Waals surface area contributed by atoms with Crippen LogP contribution in [0.1, 0.15) is 81.0 Å². The molecule has 0 radical (unpaired) electrons. The molecule has 4 aliphatic carbocycles. The number of hydrogen-bond acceptors (Lipinski definition) is 0. The first-order valence-corrected chi connectivity index (χ1v) is 26.3. The van der Waals surface area contributed by atoms with Crippen LogP contribution in [0.2, 0.25) is 8.35 Å². The number of hydrogen-bond donors (Lipinski definition) is 0. The maximum Gasteiger partial charge on any atom is -0.147 e. The molecule has 0 spiro atoms. The second kappa shape index (κ2) is 12.8. The van der Waals surface area contributed by atoms with E-state index in [1.165, 1.54) is 73.6 Å². The molecule has 1 heterocycles. The van der Waals surface area contributed by atoms with Crippen LogP contribution in [-0.4, -0.2) is 0 Å².